The number of hydrazone groups is 1. The van der Waals surface area contributed by atoms with Crippen molar-refractivity contribution >= 4 is 18.0 Å². The lowest BCUT2D eigenvalue weighted by Crippen LogP contribution is -2.40. The van der Waals surface area contributed by atoms with Gasteiger partial charge < -0.3 is 4.74 Å². The number of carbonyl (C=O) groups excluding carboxylic acids is 2. The predicted octanol–water partition coefficient (Wildman–Crippen LogP) is 2.08. The molecular weight excluding hydrogens is 304 g/mol. The number of methoxy groups -OCH3 is 1. The molecule has 0 spiro atoms. The molecule has 4 aliphatic carbocycles. The van der Waals surface area contributed by atoms with Gasteiger partial charge in [-0.05, 0) is 59.9 Å². The molecule has 2 bridgehead atoms. The zero-order valence-corrected chi connectivity index (χ0v) is 13.3. The molecule has 6 atom stereocenters. The van der Waals surface area contributed by atoms with Gasteiger partial charge in [0.25, 0.3) is 11.8 Å². The summed E-state index contributed by atoms with van der Waals surface area (Å²) in [5.41, 5.74) is 0.829. The monoisotopic (exact) mass is 322 g/mol. The van der Waals surface area contributed by atoms with Crippen LogP contribution in [0.5, 0.6) is 5.75 Å². The first-order valence-corrected chi connectivity index (χ1v) is 8.43. The van der Waals surface area contributed by atoms with Crippen LogP contribution in [0.25, 0.3) is 0 Å². The molecule has 6 rings (SSSR count). The van der Waals surface area contributed by atoms with Gasteiger partial charge in [-0.3, -0.25) is 9.59 Å². The lowest BCUT2D eigenvalue weighted by atomic mass is 9.63. The Kier molecular flexibility index (Phi) is 2.78. The fourth-order valence-corrected chi connectivity index (χ4v) is 4.87. The van der Waals surface area contributed by atoms with E-state index in [1.807, 2.05) is 24.3 Å². The highest BCUT2D eigenvalue weighted by atomic mass is 16.5. The number of carbonyl (C=O) groups is 2. The molecule has 1 heterocycles. The van der Waals surface area contributed by atoms with Crippen molar-refractivity contribution in [3.05, 3.63) is 42.0 Å². The van der Waals surface area contributed by atoms with Crippen LogP contribution in [0.15, 0.2) is 41.5 Å². The van der Waals surface area contributed by atoms with E-state index in [-0.39, 0.29) is 35.5 Å². The molecule has 1 aromatic carbocycles. The first kappa shape index (κ1) is 14.0. The minimum Gasteiger partial charge on any atom is -0.497 e. The van der Waals surface area contributed by atoms with E-state index in [1.54, 1.807) is 13.3 Å². The van der Waals surface area contributed by atoms with Crippen LogP contribution in [0.1, 0.15) is 12.0 Å². The van der Waals surface area contributed by atoms with Crippen molar-refractivity contribution in [2.24, 2.45) is 40.6 Å². The second kappa shape index (κ2) is 4.79. The number of hydrogen-bond donors (Lipinski definition) is 0. The van der Waals surface area contributed by atoms with Gasteiger partial charge in [-0.15, -0.1) is 0 Å². The molecule has 2 saturated carbocycles. The van der Waals surface area contributed by atoms with Crippen LogP contribution in [0.2, 0.25) is 0 Å². The number of amides is 2. The second-order valence-electron chi connectivity index (χ2n) is 7.16. The van der Waals surface area contributed by atoms with Crippen LogP contribution in [0, 0.1) is 35.5 Å². The highest BCUT2D eigenvalue weighted by molar-refractivity contribution is 6.06. The van der Waals surface area contributed by atoms with Crippen molar-refractivity contribution in [3.63, 3.8) is 0 Å². The summed E-state index contributed by atoms with van der Waals surface area (Å²) in [6.07, 6.45) is 7.08. The Morgan fingerprint density at radius 3 is 2.17 bits per heavy atom. The largest absolute Gasteiger partial charge is 0.497 e. The molecule has 5 heteroatoms. The zero-order valence-electron chi connectivity index (χ0n) is 13.3. The molecule has 3 fully saturated rings. The second-order valence-corrected chi connectivity index (χ2v) is 7.16. The minimum atomic E-state index is -0.190. The van der Waals surface area contributed by atoms with Crippen LogP contribution in [0.4, 0.5) is 0 Å². The van der Waals surface area contributed by atoms with Gasteiger partial charge >= 0.3 is 0 Å². The standard InChI is InChI=1S/C19H18N2O3/c1-24-11-4-2-10(3-5-11)9-20-21-18(22)16-12-6-7-13(15-8-14(12)15)17(16)19(21)23/h2-7,9,12-17H,8H2,1H3/b20-9-/t12-,13-,14-,15-,16+,17+/m0/s1. The van der Waals surface area contributed by atoms with E-state index < -0.39 is 0 Å². The topological polar surface area (TPSA) is 59.0 Å². The molecular formula is C19H18N2O3. The number of ether oxygens (including phenoxy) is 1. The van der Waals surface area contributed by atoms with Crippen molar-refractivity contribution < 1.29 is 14.3 Å². The van der Waals surface area contributed by atoms with E-state index in [2.05, 4.69) is 17.3 Å². The van der Waals surface area contributed by atoms with Gasteiger partial charge in [0.15, 0.2) is 0 Å². The summed E-state index contributed by atoms with van der Waals surface area (Å²) in [7, 11) is 1.61. The summed E-state index contributed by atoms with van der Waals surface area (Å²) in [4.78, 5) is 25.5. The number of hydrogen-bond acceptors (Lipinski definition) is 4. The van der Waals surface area contributed by atoms with E-state index in [0.717, 1.165) is 16.3 Å². The van der Waals surface area contributed by atoms with Crippen molar-refractivity contribution in [2.75, 3.05) is 7.11 Å². The van der Waals surface area contributed by atoms with Crippen LogP contribution in [-0.2, 0) is 9.59 Å². The first-order chi connectivity index (χ1) is 11.7. The van der Waals surface area contributed by atoms with Crippen LogP contribution in [0.3, 0.4) is 0 Å². The lowest BCUT2D eigenvalue weighted by molar-refractivity contribution is -0.140. The SMILES string of the molecule is COc1ccc(/C=N\N2C(=O)[C@@H]3[C@H]4C=C[C@@H]([C@@H]5C[C@@H]45)[C@H]3C2=O)cc1. The van der Waals surface area contributed by atoms with Gasteiger partial charge in [0.2, 0.25) is 0 Å². The molecule has 122 valence electrons. The number of imide groups is 1. The maximum Gasteiger partial charge on any atom is 0.254 e. The number of allylic oxidation sites excluding steroid dienone is 2. The smallest absolute Gasteiger partial charge is 0.254 e. The average Bonchev–Trinajstić information content (AvgIpc) is 3.39. The Morgan fingerprint density at radius 2 is 1.62 bits per heavy atom. The summed E-state index contributed by atoms with van der Waals surface area (Å²) in [6.45, 7) is 0. The average molecular weight is 322 g/mol. The Hall–Kier alpha value is -2.43. The molecule has 0 aromatic heterocycles. The Bertz CT molecular complexity index is 746. The fraction of sp³-hybridized carbons (Fsp3) is 0.421. The van der Waals surface area contributed by atoms with Crippen molar-refractivity contribution in [3.8, 4) is 5.75 Å². The third-order valence-electron chi connectivity index (χ3n) is 6.08. The van der Waals surface area contributed by atoms with Gasteiger partial charge in [-0.2, -0.15) is 10.1 Å². The molecule has 1 saturated heterocycles. The molecule has 0 N–H and O–H groups in total. The van der Waals surface area contributed by atoms with Gasteiger partial charge in [0.05, 0.1) is 25.2 Å². The highest BCUT2D eigenvalue weighted by Gasteiger charge is 2.67. The molecule has 5 nitrogen and oxygen atoms in total. The van der Waals surface area contributed by atoms with E-state index >= 15 is 0 Å². The van der Waals surface area contributed by atoms with E-state index in [4.69, 9.17) is 4.74 Å². The summed E-state index contributed by atoms with van der Waals surface area (Å²) >= 11 is 0. The summed E-state index contributed by atoms with van der Waals surface area (Å²) in [5.74, 6) is 1.83. The van der Waals surface area contributed by atoms with Crippen molar-refractivity contribution in [1.82, 2.24) is 5.01 Å². The lowest BCUT2D eigenvalue weighted by Gasteiger charge is -2.37. The normalized spacial score (nSPS) is 38.6. The zero-order chi connectivity index (χ0) is 16.4. The van der Waals surface area contributed by atoms with Crippen molar-refractivity contribution in [1.29, 1.82) is 0 Å². The van der Waals surface area contributed by atoms with Crippen LogP contribution < -0.4 is 4.74 Å². The molecule has 1 aromatic rings. The number of nitrogens with zero attached hydrogens (tertiary/aromatic N) is 2. The maximum absolute atomic E-state index is 12.8. The molecule has 24 heavy (non-hydrogen) atoms. The Labute approximate surface area is 140 Å². The Balaban J connectivity index is 1.41. The molecule has 2 amide bonds. The first-order valence-electron chi connectivity index (χ1n) is 8.43. The highest BCUT2D eigenvalue weighted by Crippen LogP contribution is 2.65. The summed E-state index contributed by atoms with van der Waals surface area (Å²) < 4.78 is 5.12. The van der Waals surface area contributed by atoms with Gasteiger partial charge in [0.1, 0.15) is 5.75 Å². The molecule has 0 radical (unpaired) electrons. The maximum atomic E-state index is 12.8. The van der Waals surface area contributed by atoms with E-state index in [1.165, 1.54) is 6.42 Å². The van der Waals surface area contributed by atoms with E-state index in [9.17, 15) is 9.59 Å². The number of benzene rings is 1. The van der Waals surface area contributed by atoms with Crippen LogP contribution >= 0.6 is 0 Å². The third kappa shape index (κ3) is 1.78. The van der Waals surface area contributed by atoms with Gasteiger partial charge in [0, 0.05) is 0 Å². The molecule has 1 aliphatic heterocycles. The predicted molar refractivity (Wildman–Crippen MR) is 87.1 cm³/mol. The van der Waals surface area contributed by atoms with Crippen LogP contribution in [-0.4, -0.2) is 30.1 Å². The summed E-state index contributed by atoms with van der Waals surface area (Å²) in [5, 5.41) is 5.32. The summed E-state index contributed by atoms with van der Waals surface area (Å²) in [6, 6.07) is 7.35. The number of rotatable bonds is 3. The van der Waals surface area contributed by atoms with Gasteiger partial charge in [-0.25, -0.2) is 0 Å². The molecule has 5 aliphatic rings. The fourth-order valence-electron chi connectivity index (χ4n) is 4.87. The Morgan fingerprint density at radius 1 is 1.04 bits per heavy atom. The minimum absolute atomic E-state index is 0.125. The molecule has 0 unspecified atom stereocenters. The third-order valence-corrected chi connectivity index (χ3v) is 6.08. The quantitative estimate of drug-likeness (QED) is 0.486. The van der Waals surface area contributed by atoms with E-state index in [0.29, 0.717) is 11.8 Å². The van der Waals surface area contributed by atoms with Gasteiger partial charge in [-0.1, -0.05) is 12.2 Å². The van der Waals surface area contributed by atoms with Crippen molar-refractivity contribution in [2.45, 2.75) is 6.42 Å².